The fourth-order valence-electron chi connectivity index (χ4n) is 8.35. The number of nitrogens with zero attached hydrogens (tertiary/aromatic N) is 6. The number of esters is 2. The molecule has 1 fully saturated rings. The highest BCUT2D eigenvalue weighted by molar-refractivity contribution is 6.09. The summed E-state index contributed by atoms with van der Waals surface area (Å²) in [5.41, 5.74) is 11.3. The van der Waals surface area contributed by atoms with Crippen LogP contribution in [0.2, 0.25) is 0 Å². The van der Waals surface area contributed by atoms with Gasteiger partial charge in [-0.1, -0.05) is 18.2 Å². The Morgan fingerprint density at radius 1 is 0.710 bits per heavy atom. The molecule has 2 aliphatic heterocycles. The van der Waals surface area contributed by atoms with E-state index in [-0.39, 0.29) is 30.9 Å². The number of anilines is 1. The third-order valence-electron chi connectivity index (χ3n) is 11.8. The van der Waals surface area contributed by atoms with Gasteiger partial charge in [-0.15, -0.1) is 0 Å². The molecule has 338 valence electrons. The number of nitrogens with two attached hydrogens (primary N) is 1. The maximum absolute atomic E-state index is 14.3. The first-order chi connectivity index (χ1) is 30.2. The summed E-state index contributed by atoms with van der Waals surface area (Å²) in [6.07, 6.45) is 0. The van der Waals surface area contributed by atoms with Gasteiger partial charge in [-0.05, 0) is 71.4 Å². The zero-order valence-electron chi connectivity index (χ0n) is 38.1. The van der Waals surface area contributed by atoms with E-state index in [2.05, 4.69) is 98.5 Å². The van der Waals surface area contributed by atoms with Crippen LogP contribution in [-0.4, -0.2) is 168 Å². The van der Waals surface area contributed by atoms with E-state index >= 15 is 0 Å². The molecule has 1 saturated heterocycles. The minimum absolute atomic E-state index is 0.146. The molecule has 1 amide bonds. The van der Waals surface area contributed by atoms with E-state index in [9.17, 15) is 14.4 Å². The first-order valence-electron chi connectivity index (χ1n) is 22.8. The van der Waals surface area contributed by atoms with E-state index in [4.69, 9.17) is 19.6 Å². The zero-order valence-corrected chi connectivity index (χ0v) is 38.1. The van der Waals surface area contributed by atoms with Crippen molar-refractivity contribution in [1.29, 1.82) is 0 Å². The van der Waals surface area contributed by atoms with Gasteiger partial charge in [0.1, 0.15) is 24.4 Å². The van der Waals surface area contributed by atoms with E-state index in [0.29, 0.717) is 71.1 Å². The molecule has 2 heterocycles. The maximum atomic E-state index is 14.3. The third-order valence-corrected chi connectivity index (χ3v) is 11.8. The lowest BCUT2D eigenvalue weighted by atomic mass is 9.90. The normalized spacial score (nSPS) is 15.2. The quantitative estimate of drug-likeness (QED) is 0.0853. The summed E-state index contributed by atoms with van der Waals surface area (Å²) < 4.78 is 19.6. The molecule has 0 radical (unpaired) electrons. The minimum Gasteiger partial charge on any atom is -0.465 e. The van der Waals surface area contributed by atoms with Crippen LogP contribution in [0.5, 0.6) is 0 Å². The molecule has 5 rings (SSSR count). The summed E-state index contributed by atoms with van der Waals surface area (Å²) in [6.45, 7) is 24.4. The average Bonchev–Trinajstić information content (AvgIpc) is 3.27. The third kappa shape index (κ3) is 13.1. The lowest BCUT2D eigenvalue weighted by Crippen LogP contribution is -2.49. The molecule has 0 unspecified atom stereocenters. The molecular weight excluding hydrogens is 785 g/mol. The van der Waals surface area contributed by atoms with Gasteiger partial charge in [0.2, 0.25) is 5.36 Å². The van der Waals surface area contributed by atoms with Crippen LogP contribution in [0.15, 0.2) is 65.1 Å². The Balaban J connectivity index is 1.41. The summed E-state index contributed by atoms with van der Waals surface area (Å²) in [7, 11) is 0. The summed E-state index contributed by atoms with van der Waals surface area (Å²) >= 11 is 0. The zero-order chi connectivity index (χ0) is 44.4. The van der Waals surface area contributed by atoms with Crippen LogP contribution in [0.25, 0.3) is 33.4 Å². The van der Waals surface area contributed by atoms with Crippen LogP contribution in [0.3, 0.4) is 0 Å². The van der Waals surface area contributed by atoms with Crippen molar-refractivity contribution in [3.8, 4) is 22.5 Å². The highest BCUT2D eigenvalue weighted by atomic mass is 16.5. The van der Waals surface area contributed by atoms with E-state index in [1.54, 1.807) is 0 Å². The van der Waals surface area contributed by atoms with Crippen molar-refractivity contribution in [2.75, 3.05) is 136 Å². The number of carbonyl (C=O) groups excluding carboxylic acids is 3. The highest BCUT2D eigenvalue weighted by Gasteiger charge is 2.24. The van der Waals surface area contributed by atoms with Crippen molar-refractivity contribution in [3.63, 3.8) is 0 Å². The molecular formula is C48H71N8O6+. The van der Waals surface area contributed by atoms with Gasteiger partial charge in [0.15, 0.2) is 0 Å². The molecule has 2 aromatic carbocycles. The van der Waals surface area contributed by atoms with Crippen LogP contribution in [-0.2, 0) is 19.1 Å². The second-order valence-corrected chi connectivity index (χ2v) is 15.6. The van der Waals surface area contributed by atoms with Gasteiger partial charge < -0.3 is 29.8 Å². The first-order valence-corrected chi connectivity index (χ1v) is 22.8. The Labute approximate surface area is 368 Å². The largest absolute Gasteiger partial charge is 0.465 e. The van der Waals surface area contributed by atoms with Crippen LogP contribution in [0, 0.1) is 0 Å². The van der Waals surface area contributed by atoms with E-state index in [0.717, 1.165) is 96.8 Å². The van der Waals surface area contributed by atoms with Gasteiger partial charge >= 0.3 is 11.9 Å². The summed E-state index contributed by atoms with van der Waals surface area (Å²) in [5.74, 6) is 0.0931. The topological polar surface area (TPSA) is 140 Å². The van der Waals surface area contributed by atoms with Crippen LogP contribution < -0.4 is 25.9 Å². The van der Waals surface area contributed by atoms with Crippen molar-refractivity contribution >= 4 is 34.5 Å². The predicted octanol–water partition coefficient (Wildman–Crippen LogP) is 3.90. The summed E-state index contributed by atoms with van der Waals surface area (Å²) in [6, 6.07) is 20.6. The van der Waals surface area contributed by atoms with Crippen LogP contribution >= 0.6 is 0 Å². The number of hydrogen-bond acceptors (Lipinski definition) is 12. The van der Waals surface area contributed by atoms with Gasteiger partial charge in [0.25, 0.3) is 5.91 Å². The number of amides is 1. The molecule has 14 heteroatoms. The number of nitrogens with one attached hydrogen (secondary N) is 1. The lowest BCUT2D eigenvalue weighted by molar-refractivity contribution is -0.146. The number of hydrogen-bond donors (Lipinski definition) is 2. The summed E-state index contributed by atoms with van der Waals surface area (Å²) in [5, 5.41) is 5.30. The van der Waals surface area contributed by atoms with E-state index < -0.39 is 0 Å². The molecule has 14 nitrogen and oxygen atoms in total. The maximum Gasteiger partial charge on any atom is 0.320 e. The van der Waals surface area contributed by atoms with Gasteiger partial charge in [-0.2, -0.15) is 0 Å². The standard InChI is InChI=1S/C48H70N8O6/c1-7-55(8-2)37-17-19-41-43(33-37)62-44-34-38(56(9-3)10-4)18-20-42(44)47(41)39-15-13-14-16-40(39)48(59)50-22-24-52-26-25-51(23-21-49)27-29-53(35-45(57)60-11-5)31-32-54(30-28-52)36-46(58)61-12-6/h13-20,33-34H,7-12,21-32,35-36,49H2,1-6H3/p+1. The molecule has 3 N–H and O–H groups in total. The number of ether oxygens (including phenoxy) is 2. The van der Waals surface area contributed by atoms with Crippen molar-refractivity contribution in [2.24, 2.45) is 5.73 Å². The molecule has 0 saturated carbocycles. The van der Waals surface area contributed by atoms with Gasteiger partial charge in [0, 0.05) is 132 Å². The molecule has 0 atom stereocenters. The fourth-order valence-corrected chi connectivity index (χ4v) is 8.35. The highest BCUT2D eigenvalue weighted by Crippen LogP contribution is 2.42. The monoisotopic (exact) mass is 856 g/mol. The summed E-state index contributed by atoms with van der Waals surface area (Å²) in [4.78, 5) is 50.7. The molecule has 3 aliphatic rings. The Bertz CT molecular complexity index is 2100. The Morgan fingerprint density at radius 3 is 1.85 bits per heavy atom. The molecule has 62 heavy (non-hydrogen) atoms. The number of benzene rings is 3. The number of fused-ring (bicyclic) bond motifs is 2. The fraction of sp³-hybridized carbons (Fsp3) is 0.542. The average molecular weight is 856 g/mol. The number of carbonyl (C=O) groups is 3. The Morgan fingerprint density at radius 2 is 1.29 bits per heavy atom. The van der Waals surface area contributed by atoms with Gasteiger partial charge in [-0.25, -0.2) is 4.58 Å². The molecule has 0 spiro atoms. The second kappa shape index (κ2) is 24.7. The molecule has 1 aliphatic carbocycles. The molecule has 2 aromatic rings. The van der Waals surface area contributed by atoms with Crippen molar-refractivity contribution in [1.82, 2.24) is 29.5 Å². The van der Waals surface area contributed by atoms with E-state index in [1.807, 2.05) is 38.1 Å². The lowest BCUT2D eigenvalue weighted by Gasteiger charge is -2.33. The van der Waals surface area contributed by atoms with E-state index in [1.165, 1.54) is 0 Å². The van der Waals surface area contributed by atoms with Crippen LogP contribution in [0.4, 0.5) is 5.69 Å². The van der Waals surface area contributed by atoms with Gasteiger partial charge in [0.05, 0.1) is 32.4 Å². The first kappa shape index (κ1) is 48.2. The SMILES string of the molecule is CCOC(=O)CN1CCN(CCN)CCN(CCNC(=O)c2ccccc2-c2c3ccc(=[N+](CC)CC)cc-3oc3cc(N(CC)CC)ccc23)CCN(CC(=O)OCC)CC1. The minimum atomic E-state index is -0.274. The van der Waals surface area contributed by atoms with Crippen molar-refractivity contribution in [2.45, 2.75) is 41.5 Å². The Kier molecular flexibility index (Phi) is 19.2. The second-order valence-electron chi connectivity index (χ2n) is 15.6. The smallest absolute Gasteiger partial charge is 0.320 e. The predicted molar refractivity (Wildman–Crippen MR) is 249 cm³/mol. The number of rotatable bonds is 18. The van der Waals surface area contributed by atoms with Crippen molar-refractivity contribution < 1.29 is 28.3 Å². The molecule has 0 bridgehead atoms. The van der Waals surface area contributed by atoms with Crippen LogP contribution in [0.1, 0.15) is 51.9 Å². The Hall–Kier alpha value is -4.86. The molecule has 0 aromatic heterocycles. The van der Waals surface area contributed by atoms with Crippen molar-refractivity contribution in [3.05, 3.63) is 71.6 Å². The van der Waals surface area contributed by atoms with Gasteiger partial charge in [-0.3, -0.25) is 34.0 Å².